The van der Waals surface area contributed by atoms with Crippen LogP contribution in [0.15, 0.2) is 0 Å². The first-order chi connectivity index (χ1) is 8.51. The Morgan fingerprint density at radius 1 is 1.28 bits per heavy atom. The second-order valence-electron chi connectivity index (χ2n) is 4.24. The number of ether oxygens (including phenoxy) is 1. The third-order valence-corrected chi connectivity index (χ3v) is 2.42. The molecule has 3 N–H and O–H groups in total. The molecule has 0 saturated heterocycles. The molecule has 0 radical (unpaired) electrons. The lowest BCUT2D eigenvalue weighted by Gasteiger charge is -2.16. The fraction of sp³-hybridized carbons (Fsp3) is 0.833. The summed E-state index contributed by atoms with van der Waals surface area (Å²) in [6.45, 7) is 7.32. The molecule has 6 nitrogen and oxygen atoms in total. The Morgan fingerprint density at radius 2 is 1.94 bits per heavy atom. The summed E-state index contributed by atoms with van der Waals surface area (Å²) >= 11 is 0. The van der Waals surface area contributed by atoms with Crippen molar-refractivity contribution < 1.29 is 14.3 Å². The summed E-state index contributed by atoms with van der Waals surface area (Å²) in [4.78, 5) is 23.2. The molecule has 0 aliphatic rings. The van der Waals surface area contributed by atoms with Crippen LogP contribution in [-0.2, 0) is 14.3 Å². The van der Waals surface area contributed by atoms with Gasteiger partial charge in [0.1, 0.15) is 6.04 Å². The van der Waals surface area contributed by atoms with E-state index in [1.165, 1.54) is 0 Å². The van der Waals surface area contributed by atoms with Crippen molar-refractivity contribution in [3.8, 4) is 0 Å². The van der Waals surface area contributed by atoms with Crippen LogP contribution in [0.2, 0.25) is 0 Å². The predicted octanol–water partition coefficient (Wildman–Crippen LogP) is -0.358. The van der Waals surface area contributed by atoms with E-state index in [2.05, 4.69) is 16.0 Å². The molecule has 2 amide bonds. The Balaban J connectivity index is 3.87. The van der Waals surface area contributed by atoms with Gasteiger partial charge in [-0.3, -0.25) is 9.59 Å². The Labute approximate surface area is 109 Å². The van der Waals surface area contributed by atoms with E-state index >= 15 is 0 Å². The van der Waals surface area contributed by atoms with E-state index < -0.39 is 6.04 Å². The quantitative estimate of drug-likeness (QED) is 0.494. The average molecular weight is 259 g/mol. The number of methoxy groups -OCH3 is 1. The van der Waals surface area contributed by atoms with Gasteiger partial charge in [-0.25, -0.2) is 0 Å². The molecule has 18 heavy (non-hydrogen) atoms. The smallest absolute Gasteiger partial charge is 0.242 e. The Kier molecular flexibility index (Phi) is 9.22. The van der Waals surface area contributed by atoms with Gasteiger partial charge in [0.2, 0.25) is 11.8 Å². The summed E-state index contributed by atoms with van der Waals surface area (Å²) in [6, 6.07) is -0.415. The van der Waals surface area contributed by atoms with Gasteiger partial charge in [-0.05, 0) is 20.4 Å². The van der Waals surface area contributed by atoms with Crippen LogP contribution < -0.4 is 16.0 Å². The maximum Gasteiger partial charge on any atom is 0.242 e. The maximum absolute atomic E-state index is 11.6. The van der Waals surface area contributed by atoms with Gasteiger partial charge in [-0.15, -0.1) is 0 Å². The van der Waals surface area contributed by atoms with E-state index in [0.717, 1.165) is 6.54 Å². The minimum absolute atomic E-state index is 0.110. The number of hydrogen-bond donors (Lipinski definition) is 3. The van der Waals surface area contributed by atoms with Gasteiger partial charge in [0.15, 0.2) is 0 Å². The van der Waals surface area contributed by atoms with Crippen LogP contribution in [0.5, 0.6) is 0 Å². The zero-order valence-corrected chi connectivity index (χ0v) is 11.7. The first kappa shape index (κ1) is 16.9. The van der Waals surface area contributed by atoms with Gasteiger partial charge in [0.25, 0.3) is 0 Å². The SMILES string of the molecule is CCNC(C)CC(=O)NC(C)C(=O)NCCOC. The van der Waals surface area contributed by atoms with Gasteiger partial charge in [-0.2, -0.15) is 0 Å². The van der Waals surface area contributed by atoms with E-state index in [1.807, 2.05) is 13.8 Å². The van der Waals surface area contributed by atoms with Gasteiger partial charge in [0.05, 0.1) is 6.61 Å². The molecule has 0 rings (SSSR count). The Bertz CT molecular complexity index is 259. The highest BCUT2D eigenvalue weighted by molar-refractivity contribution is 5.87. The van der Waals surface area contributed by atoms with Crippen molar-refractivity contribution in [3.05, 3.63) is 0 Å². The van der Waals surface area contributed by atoms with Crippen molar-refractivity contribution in [3.63, 3.8) is 0 Å². The third-order valence-electron chi connectivity index (χ3n) is 2.42. The molecule has 0 aromatic rings. The fourth-order valence-corrected chi connectivity index (χ4v) is 1.49. The predicted molar refractivity (Wildman–Crippen MR) is 70.2 cm³/mol. The highest BCUT2D eigenvalue weighted by Crippen LogP contribution is 1.92. The average Bonchev–Trinajstić information content (AvgIpc) is 2.28. The van der Waals surface area contributed by atoms with Gasteiger partial charge >= 0.3 is 0 Å². The molecule has 2 atom stereocenters. The zero-order chi connectivity index (χ0) is 14.0. The molecule has 0 saturated carbocycles. The highest BCUT2D eigenvalue weighted by Gasteiger charge is 2.16. The standard InChI is InChI=1S/C12H25N3O3/c1-5-13-9(2)8-11(16)15-10(3)12(17)14-6-7-18-4/h9-10,13H,5-8H2,1-4H3,(H,14,17)(H,15,16). The normalized spacial score (nSPS) is 13.8. The molecular formula is C12H25N3O3. The van der Waals surface area contributed by atoms with Crippen LogP contribution in [-0.4, -0.2) is 50.7 Å². The van der Waals surface area contributed by atoms with Crippen molar-refractivity contribution in [2.75, 3.05) is 26.8 Å². The van der Waals surface area contributed by atoms with E-state index in [-0.39, 0.29) is 17.9 Å². The highest BCUT2D eigenvalue weighted by atomic mass is 16.5. The van der Waals surface area contributed by atoms with Crippen LogP contribution in [0.1, 0.15) is 27.2 Å². The monoisotopic (exact) mass is 259 g/mol. The van der Waals surface area contributed by atoms with Gasteiger partial charge < -0.3 is 20.7 Å². The molecular weight excluding hydrogens is 234 g/mol. The Morgan fingerprint density at radius 3 is 2.50 bits per heavy atom. The molecule has 0 bridgehead atoms. The molecule has 0 aliphatic carbocycles. The molecule has 106 valence electrons. The van der Waals surface area contributed by atoms with Crippen LogP contribution in [0, 0.1) is 0 Å². The van der Waals surface area contributed by atoms with Crippen LogP contribution in [0.4, 0.5) is 0 Å². The number of nitrogens with one attached hydrogen (secondary N) is 3. The molecule has 0 fully saturated rings. The number of carbonyl (C=O) groups excluding carboxylic acids is 2. The van der Waals surface area contributed by atoms with Crippen molar-refractivity contribution in [2.45, 2.75) is 39.3 Å². The summed E-state index contributed by atoms with van der Waals surface area (Å²) < 4.78 is 4.82. The van der Waals surface area contributed by atoms with Crippen molar-refractivity contribution >= 4 is 11.8 Å². The number of hydrogen-bond acceptors (Lipinski definition) is 4. The lowest BCUT2D eigenvalue weighted by Crippen LogP contribution is -2.46. The largest absolute Gasteiger partial charge is 0.383 e. The first-order valence-corrected chi connectivity index (χ1v) is 6.30. The lowest BCUT2D eigenvalue weighted by molar-refractivity contribution is -0.128. The fourth-order valence-electron chi connectivity index (χ4n) is 1.49. The molecule has 2 unspecified atom stereocenters. The molecule has 0 spiro atoms. The van der Waals surface area contributed by atoms with Crippen LogP contribution >= 0.6 is 0 Å². The summed E-state index contributed by atoms with van der Waals surface area (Å²) in [5.41, 5.74) is 0. The van der Waals surface area contributed by atoms with Crippen LogP contribution in [0.3, 0.4) is 0 Å². The first-order valence-electron chi connectivity index (χ1n) is 6.30. The van der Waals surface area contributed by atoms with E-state index in [4.69, 9.17) is 4.74 Å². The molecule has 0 aromatic carbocycles. The second kappa shape index (κ2) is 9.85. The van der Waals surface area contributed by atoms with Gasteiger partial charge in [0, 0.05) is 26.1 Å². The molecule has 0 heterocycles. The van der Waals surface area contributed by atoms with E-state index in [1.54, 1.807) is 14.0 Å². The molecule has 6 heteroatoms. The molecule has 0 aliphatic heterocycles. The number of amides is 2. The summed E-state index contributed by atoms with van der Waals surface area (Å²) in [5.74, 6) is -0.325. The number of carbonyl (C=O) groups is 2. The van der Waals surface area contributed by atoms with Gasteiger partial charge in [-0.1, -0.05) is 6.92 Å². The third kappa shape index (κ3) is 8.03. The van der Waals surface area contributed by atoms with Crippen molar-refractivity contribution in [2.24, 2.45) is 0 Å². The van der Waals surface area contributed by atoms with Crippen molar-refractivity contribution in [1.82, 2.24) is 16.0 Å². The minimum Gasteiger partial charge on any atom is -0.383 e. The topological polar surface area (TPSA) is 79.5 Å². The maximum atomic E-state index is 11.6. The molecule has 0 aromatic heterocycles. The summed E-state index contributed by atoms with van der Waals surface area (Å²) in [7, 11) is 1.57. The summed E-state index contributed by atoms with van der Waals surface area (Å²) in [5, 5.41) is 8.48. The van der Waals surface area contributed by atoms with Crippen LogP contribution in [0.25, 0.3) is 0 Å². The second-order valence-corrected chi connectivity index (χ2v) is 4.24. The minimum atomic E-state index is -0.525. The number of rotatable bonds is 9. The zero-order valence-electron chi connectivity index (χ0n) is 11.7. The lowest BCUT2D eigenvalue weighted by atomic mass is 10.2. The summed E-state index contributed by atoms with van der Waals surface area (Å²) in [6.07, 6.45) is 0.365. The van der Waals surface area contributed by atoms with E-state index in [9.17, 15) is 9.59 Å². The Hall–Kier alpha value is -1.14. The van der Waals surface area contributed by atoms with Crippen molar-refractivity contribution in [1.29, 1.82) is 0 Å². The van der Waals surface area contributed by atoms with E-state index in [0.29, 0.717) is 19.6 Å².